The Morgan fingerprint density at radius 1 is 1.03 bits per heavy atom. The van der Waals surface area contributed by atoms with Gasteiger partial charge in [0, 0.05) is 44.5 Å². The fourth-order valence-electron chi connectivity index (χ4n) is 5.68. The van der Waals surface area contributed by atoms with E-state index in [1.165, 1.54) is 18.4 Å². The second-order valence-electron chi connectivity index (χ2n) is 9.61. The smallest absolute Gasteiger partial charge is 0.233 e. The van der Waals surface area contributed by atoms with Gasteiger partial charge in [-0.2, -0.15) is 5.10 Å². The van der Waals surface area contributed by atoms with Crippen LogP contribution in [-0.4, -0.2) is 51.4 Å². The lowest BCUT2D eigenvalue weighted by Crippen LogP contribution is -2.23. The molecule has 172 valence electrons. The first-order valence-electron chi connectivity index (χ1n) is 11.7. The predicted molar refractivity (Wildman–Crippen MR) is 122 cm³/mol. The molecule has 1 aliphatic carbocycles. The van der Waals surface area contributed by atoms with Crippen LogP contribution in [0.4, 0.5) is 0 Å². The van der Waals surface area contributed by atoms with E-state index in [0.29, 0.717) is 18.6 Å². The Kier molecular flexibility index (Phi) is 5.17. The molecule has 4 heterocycles. The molecule has 3 aliphatic rings. The van der Waals surface area contributed by atoms with E-state index in [4.69, 9.17) is 14.2 Å². The number of nitrogens with zero attached hydrogens (tertiary/aromatic N) is 5. The van der Waals surface area contributed by atoms with Gasteiger partial charge >= 0.3 is 0 Å². The molecular formula is C25H29N5O3. The Morgan fingerprint density at radius 2 is 1.85 bits per heavy atom. The minimum atomic E-state index is 0.329. The van der Waals surface area contributed by atoms with Crippen molar-refractivity contribution in [1.82, 2.24) is 24.9 Å². The maximum absolute atomic E-state index is 6.01. The fourth-order valence-corrected chi connectivity index (χ4v) is 5.68. The van der Waals surface area contributed by atoms with Crippen molar-refractivity contribution in [1.29, 1.82) is 0 Å². The molecule has 1 saturated heterocycles. The lowest BCUT2D eigenvalue weighted by atomic mass is 10.0. The molecule has 1 saturated carbocycles. The van der Waals surface area contributed by atoms with Crippen LogP contribution >= 0.6 is 0 Å². The van der Waals surface area contributed by atoms with Crippen molar-refractivity contribution < 1.29 is 14.2 Å². The second kappa shape index (κ2) is 8.33. The Labute approximate surface area is 193 Å². The normalized spacial score (nSPS) is 23.8. The summed E-state index contributed by atoms with van der Waals surface area (Å²) in [5.41, 5.74) is 4.07. The second-order valence-corrected chi connectivity index (χ2v) is 9.61. The van der Waals surface area contributed by atoms with Crippen molar-refractivity contribution >= 4 is 0 Å². The van der Waals surface area contributed by atoms with Gasteiger partial charge in [0.05, 0.1) is 18.0 Å². The molecule has 2 aromatic heterocycles. The van der Waals surface area contributed by atoms with E-state index >= 15 is 0 Å². The van der Waals surface area contributed by atoms with E-state index < -0.39 is 0 Å². The third-order valence-electron chi connectivity index (χ3n) is 7.16. The topological polar surface area (TPSA) is 74.5 Å². The molecule has 2 atom stereocenters. The van der Waals surface area contributed by atoms with Gasteiger partial charge in [0.1, 0.15) is 0 Å². The van der Waals surface area contributed by atoms with Crippen molar-refractivity contribution in [3.05, 3.63) is 47.8 Å². The molecule has 3 aromatic rings. The van der Waals surface area contributed by atoms with Crippen molar-refractivity contribution in [2.45, 2.75) is 26.3 Å². The number of aromatic nitrogens is 4. The van der Waals surface area contributed by atoms with E-state index in [1.54, 1.807) is 4.68 Å². The summed E-state index contributed by atoms with van der Waals surface area (Å²) in [5.74, 6) is 4.43. The first-order valence-corrected chi connectivity index (χ1v) is 11.7. The fraction of sp³-hybridized carbons (Fsp3) is 0.480. The van der Waals surface area contributed by atoms with E-state index in [2.05, 4.69) is 32.3 Å². The lowest BCUT2D eigenvalue weighted by molar-refractivity contribution is 0.174. The van der Waals surface area contributed by atoms with E-state index in [1.807, 2.05) is 38.4 Å². The van der Waals surface area contributed by atoms with Crippen LogP contribution < -0.4 is 14.2 Å². The SMILES string of the molecule is Cc1nn(C)cc1-c1ccc(OCC2CC3CN(Cc4ccc5c(c4)OCO5)CC3C2)nn1. The van der Waals surface area contributed by atoms with Crippen LogP contribution in [0.2, 0.25) is 0 Å². The number of ether oxygens (including phenoxy) is 3. The maximum atomic E-state index is 6.01. The molecule has 0 amide bonds. The summed E-state index contributed by atoms with van der Waals surface area (Å²) in [6, 6.07) is 10.2. The zero-order chi connectivity index (χ0) is 22.4. The summed E-state index contributed by atoms with van der Waals surface area (Å²) in [4.78, 5) is 2.58. The average molecular weight is 448 g/mol. The molecule has 2 aliphatic heterocycles. The molecule has 2 fully saturated rings. The van der Waals surface area contributed by atoms with Gasteiger partial charge in [-0.3, -0.25) is 9.58 Å². The molecule has 0 radical (unpaired) electrons. The zero-order valence-corrected chi connectivity index (χ0v) is 19.1. The van der Waals surface area contributed by atoms with Crippen LogP contribution in [0, 0.1) is 24.7 Å². The quantitative estimate of drug-likeness (QED) is 0.573. The van der Waals surface area contributed by atoms with Crippen LogP contribution in [0.5, 0.6) is 17.4 Å². The largest absolute Gasteiger partial charge is 0.476 e. The summed E-state index contributed by atoms with van der Waals surface area (Å²) in [7, 11) is 1.91. The molecule has 33 heavy (non-hydrogen) atoms. The van der Waals surface area contributed by atoms with Crippen LogP contribution in [-0.2, 0) is 13.6 Å². The Morgan fingerprint density at radius 3 is 2.58 bits per heavy atom. The molecule has 8 heteroatoms. The van der Waals surface area contributed by atoms with Crippen molar-refractivity contribution in [3.63, 3.8) is 0 Å². The van der Waals surface area contributed by atoms with Gasteiger partial charge in [-0.05, 0) is 61.3 Å². The molecular weight excluding hydrogens is 418 g/mol. The standard InChI is InChI=1S/C25H29N5O3/c1-16-21(13-29(2)28-16)22-4-6-25(27-26-22)31-14-18-7-19-11-30(12-20(19)8-18)10-17-3-5-23-24(9-17)33-15-32-23/h3-6,9,13,18-20H,7-8,10-12,14-15H2,1-2H3. The summed E-state index contributed by atoms with van der Waals surface area (Å²) >= 11 is 0. The van der Waals surface area contributed by atoms with Crippen molar-refractivity contribution in [2.24, 2.45) is 24.8 Å². The minimum Gasteiger partial charge on any atom is -0.476 e. The van der Waals surface area contributed by atoms with Crippen LogP contribution in [0.15, 0.2) is 36.5 Å². The van der Waals surface area contributed by atoms with E-state index in [0.717, 1.165) is 66.5 Å². The van der Waals surface area contributed by atoms with Gasteiger partial charge < -0.3 is 14.2 Å². The molecule has 2 unspecified atom stereocenters. The van der Waals surface area contributed by atoms with Gasteiger partial charge in [-0.1, -0.05) is 6.07 Å². The number of likely N-dealkylation sites (tertiary alicyclic amines) is 1. The number of aryl methyl sites for hydroxylation is 2. The average Bonchev–Trinajstić information content (AvgIpc) is 3.56. The zero-order valence-electron chi connectivity index (χ0n) is 19.1. The van der Waals surface area contributed by atoms with Crippen molar-refractivity contribution in [2.75, 3.05) is 26.5 Å². The lowest BCUT2D eigenvalue weighted by Gasteiger charge is -2.19. The van der Waals surface area contributed by atoms with Crippen LogP contribution in [0.1, 0.15) is 24.1 Å². The van der Waals surface area contributed by atoms with Crippen molar-refractivity contribution in [3.8, 4) is 28.6 Å². The first-order chi connectivity index (χ1) is 16.1. The van der Waals surface area contributed by atoms with Gasteiger partial charge in [0.25, 0.3) is 0 Å². The van der Waals surface area contributed by atoms with E-state index in [9.17, 15) is 0 Å². The number of hydrogen-bond acceptors (Lipinski definition) is 7. The van der Waals surface area contributed by atoms with Gasteiger partial charge in [-0.15, -0.1) is 10.2 Å². The third-order valence-corrected chi connectivity index (χ3v) is 7.16. The summed E-state index contributed by atoms with van der Waals surface area (Å²) in [5, 5.41) is 13.0. The summed E-state index contributed by atoms with van der Waals surface area (Å²) < 4.78 is 18.8. The first kappa shape index (κ1) is 20.5. The number of hydrogen-bond donors (Lipinski definition) is 0. The summed E-state index contributed by atoms with van der Waals surface area (Å²) in [6.45, 7) is 6.33. The Balaban J connectivity index is 0.990. The Hall–Kier alpha value is -3.13. The molecule has 0 spiro atoms. The molecule has 6 rings (SSSR count). The monoisotopic (exact) mass is 447 g/mol. The highest BCUT2D eigenvalue weighted by atomic mass is 16.7. The van der Waals surface area contributed by atoms with Crippen LogP contribution in [0.3, 0.4) is 0 Å². The molecule has 0 N–H and O–H groups in total. The highest BCUT2D eigenvalue weighted by molar-refractivity contribution is 5.60. The van der Waals surface area contributed by atoms with Gasteiger partial charge in [-0.25, -0.2) is 0 Å². The summed E-state index contributed by atoms with van der Waals surface area (Å²) in [6.07, 6.45) is 4.42. The maximum Gasteiger partial charge on any atom is 0.233 e. The minimum absolute atomic E-state index is 0.329. The molecule has 0 bridgehead atoms. The predicted octanol–water partition coefficient (Wildman–Crippen LogP) is 3.45. The third kappa shape index (κ3) is 4.15. The highest BCUT2D eigenvalue weighted by Crippen LogP contribution is 2.42. The Bertz CT molecular complexity index is 1130. The highest BCUT2D eigenvalue weighted by Gasteiger charge is 2.41. The van der Waals surface area contributed by atoms with Crippen LogP contribution in [0.25, 0.3) is 11.3 Å². The number of benzene rings is 1. The van der Waals surface area contributed by atoms with Gasteiger partial charge in [0.2, 0.25) is 12.7 Å². The van der Waals surface area contributed by atoms with E-state index in [-0.39, 0.29) is 0 Å². The molecule has 8 nitrogen and oxygen atoms in total. The number of fused-ring (bicyclic) bond motifs is 2. The van der Waals surface area contributed by atoms with Gasteiger partial charge in [0.15, 0.2) is 11.5 Å². The number of rotatable bonds is 6. The molecule has 1 aromatic carbocycles.